The van der Waals surface area contributed by atoms with E-state index in [0.717, 1.165) is 0 Å². The van der Waals surface area contributed by atoms with E-state index in [9.17, 15) is 19.8 Å². The number of carboxylic acids is 2. The molecule has 0 aliphatic carbocycles. The van der Waals surface area contributed by atoms with E-state index in [-0.39, 0.29) is 116 Å². The van der Waals surface area contributed by atoms with E-state index in [4.69, 9.17) is 10.2 Å². The van der Waals surface area contributed by atoms with Gasteiger partial charge in [-0.05, 0) is 0 Å². The van der Waals surface area contributed by atoms with Crippen LogP contribution in [0, 0.1) is 0 Å². The fraction of sp³-hybridized carbons (Fsp3) is 0.500. The molecule has 0 aliphatic rings. The van der Waals surface area contributed by atoms with Gasteiger partial charge >= 0.3 is 110 Å². The summed E-state index contributed by atoms with van der Waals surface area (Å²) in [4.78, 5) is 19.3. The van der Waals surface area contributed by atoms with Gasteiger partial charge in [0.1, 0.15) is 12.2 Å². The van der Waals surface area contributed by atoms with Gasteiger partial charge in [0, 0.05) is 0 Å². The van der Waals surface area contributed by atoms with Gasteiger partial charge in [0.2, 0.25) is 0 Å². The van der Waals surface area contributed by atoms with Crippen molar-refractivity contribution in [3.8, 4) is 0 Å². The molecule has 2 unspecified atom stereocenters. The molecule has 2 atom stereocenters. The Kier molecular flexibility index (Phi) is 33.1. The van der Waals surface area contributed by atoms with E-state index in [1.165, 1.54) is 0 Å². The molecular weight excluding hydrogens is 245 g/mol. The standard InChI is InChI=1S/C4H6O6.K.2Na.H2O/c5-1(3(7)8)2(6)4(9)10;;;;/h1-2,5-6H,(H,7,8)(H,9,10);;;;1H2/q;3*+1;/p-3. The van der Waals surface area contributed by atoms with Crippen LogP contribution in [0.5, 0.6) is 0 Å². The van der Waals surface area contributed by atoms with Crippen molar-refractivity contribution in [2.45, 2.75) is 12.2 Å². The molecule has 0 rings (SSSR count). The summed E-state index contributed by atoms with van der Waals surface area (Å²) in [5, 5.41) is 35.7. The number of carbonyl (C=O) groups excluding carboxylic acids is 2. The minimum atomic E-state index is -2.44. The fourth-order valence-electron chi connectivity index (χ4n) is 0.258. The third-order valence-electron chi connectivity index (χ3n) is 0.782. The molecular formula is C4H5KNa2O7. The molecule has 0 saturated carbocycles. The second kappa shape index (κ2) is 15.5. The summed E-state index contributed by atoms with van der Waals surface area (Å²) in [6.45, 7) is 0. The molecule has 0 amide bonds. The van der Waals surface area contributed by atoms with Crippen molar-refractivity contribution in [2.24, 2.45) is 0 Å². The average molecular weight is 250 g/mol. The van der Waals surface area contributed by atoms with Crippen LogP contribution in [0.4, 0.5) is 0 Å². The summed E-state index contributed by atoms with van der Waals surface area (Å²) in [6.07, 6.45) is -4.88. The normalized spacial score (nSPS) is 11.3. The fourth-order valence-corrected chi connectivity index (χ4v) is 0.258. The number of aliphatic carboxylic acids is 2. The van der Waals surface area contributed by atoms with Crippen LogP contribution in [0.3, 0.4) is 0 Å². The van der Waals surface area contributed by atoms with Crippen molar-refractivity contribution >= 4 is 11.9 Å². The maximum Gasteiger partial charge on any atom is 1.00 e. The SMILES string of the molecule is O=C([O-])C(O)C(O)C(=O)[O-].[K+].[Na+].[Na+].[OH-]. The Bertz CT molecular complexity index is 148. The second-order valence-electron chi connectivity index (χ2n) is 1.53. The van der Waals surface area contributed by atoms with Gasteiger partial charge in [-0.3, -0.25) is 0 Å². The molecule has 0 aromatic carbocycles. The third-order valence-corrected chi connectivity index (χ3v) is 0.782. The zero-order chi connectivity index (χ0) is 8.31. The van der Waals surface area contributed by atoms with Crippen molar-refractivity contribution in [3.05, 3.63) is 0 Å². The number of carbonyl (C=O) groups is 2. The molecule has 14 heavy (non-hydrogen) atoms. The molecule has 7 nitrogen and oxygen atoms in total. The van der Waals surface area contributed by atoms with Crippen molar-refractivity contribution in [1.82, 2.24) is 0 Å². The summed E-state index contributed by atoms with van der Waals surface area (Å²) >= 11 is 0. The molecule has 0 fully saturated rings. The van der Waals surface area contributed by atoms with Gasteiger partial charge in [-0.2, -0.15) is 0 Å². The molecule has 3 N–H and O–H groups in total. The van der Waals surface area contributed by atoms with Gasteiger partial charge in [0.15, 0.2) is 0 Å². The molecule has 66 valence electrons. The number of aliphatic hydroxyl groups excluding tert-OH is 2. The molecule has 0 saturated heterocycles. The smallest absolute Gasteiger partial charge is 0.870 e. The van der Waals surface area contributed by atoms with Crippen LogP contribution in [0.2, 0.25) is 0 Å². The summed E-state index contributed by atoms with van der Waals surface area (Å²) in [7, 11) is 0. The van der Waals surface area contributed by atoms with Gasteiger partial charge in [0.05, 0.1) is 11.9 Å². The number of aliphatic hydroxyl groups is 2. The zero-order valence-corrected chi connectivity index (χ0v) is 15.3. The molecule has 0 aliphatic heterocycles. The Labute approximate surface area is 167 Å². The molecule has 10 heteroatoms. The van der Waals surface area contributed by atoms with Gasteiger partial charge in [-0.25, -0.2) is 0 Å². The number of hydrogen-bond acceptors (Lipinski definition) is 7. The van der Waals surface area contributed by atoms with E-state index < -0.39 is 24.1 Å². The first-order valence-corrected chi connectivity index (χ1v) is 2.24. The Morgan fingerprint density at radius 2 is 1.07 bits per heavy atom. The minimum Gasteiger partial charge on any atom is -0.870 e. The quantitative estimate of drug-likeness (QED) is 0.472. The average Bonchev–Trinajstić information content (AvgIpc) is 1.84. The van der Waals surface area contributed by atoms with Crippen LogP contribution in [0.1, 0.15) is 0 Å². The molecule has 0 aromatic rings. The van der Waals surface area contributed by atoms with E-state index in [2.05, 4.69) is 0 Å². The second-order valence-corrected chi connectivity index (χ2v) is 1.53. The first-order chi connectivity index (χ1) is 4.46. The number of carboxylic acid groups (broad SMARTS) is 2. The Morgan fingerprint density at radius 1 is 0.929 bits per heavy atom. The van der Waals surface area contributed by atoms with E-state index in [0.29, 0.717) is 0 Å². The zero-order valence-electron chi connectivity index (χ0n) is 8.13. The van der Waals surface area contributed by atoms with Gasteiger partial charge in [-0.1, -0.05) is 0 Å². The van der Waals surface area contributed by atoms with Crippen LogP contribution in [-0.4, -0.2) is 39.8 Å². The van der Waals surface area contributed by atoms with E-state index >= 15 is 0 Å². The summed E-state index contributed by atoms with van der Waals surface area (Å²) in [6, 6.07) is 0. The molecule has 0 aromatic heterocycles. The van der Waals surface area contributed by atoms with E-state index in [1.54, 1.807) is 0 Å². The first-order valence-electron chi connectivity index (χ1n) is 2.24. The monoisotopic (exact) mass is 250 g/mol. The molecule has 0 spiro atoms. The van der Waals surface area contributed by atoms with Crippen molar-refractivity contribution in [3.63, 3.8) is 0 Å². The minimum absolute atomic E-state index is 0. The Morgan fingerprint density at radius 3 is 1.14 bits per heavy atom. The van der Waals surface area contributed by atoms with Gasteiger partial charge < -0.3 is 35.5 Å². The predicted octanol–water partition coefficient (Wildman–Crippen LogP) is -14.0. The number of hydrogen-bond donors (Lipinski definition) is 2. The summed E-state index contributed by atoms with van der Waals surface area (Å²) < 4.78 is 0. The van der Waals surface area contributed by atoms with Crippen molar-refractivity contribution in [2.75, 3.05) is 0 Å². The summed E-state index contributed by atoms with van der Waals surface area (Å²) in [5.74, 6) is -4.12. The van der Waals surface area contributed by atoms with Crippen molar-refractivity contribution < 1.29 is 146 Å². The largest absolute Gasteiger partial charge is 1.00 e. The third kappa shape index (κ3) is 12.5. The Hall–Kier alpha value is 2.46. The van der Waals surface area contributed by atoms with Gasteiger partial charge in [0.25, 0.3) is 0 Å². The Balaban J connectivity index is -0.0000000675. The van der Waals surface area contributed by atoms with Gasteiger partial charge in [-0.15, -0.1) is 0 Å². The van der Waals surface area contributed by atoms with E-state index in [1.807, 2.05) is 0 Å². The summed E-state index contributed by atoms with van der Waals surface area (Å²) in [5.41, 5.74) is 0. The maximum atomic E-state index is 9.63. The molecule has 0 radical (unpaired) electrons. The van der Waals surface area contributed by atoms with Crippen molar-refractivity contribution in [1.29, 1.82) is 0 Å². The van der Waals surface area contributed by atoms with Crippen LogP contribution in [0.15, 0.2) is 0 Å². The molecule has 0 bridgehead atoms. The number of rotatable bonds is 3. The van der Waals surface area contributed by atoms with Crippen LogP contribution < -0.4 is 121 Å². The molecule has 0 heterocycles. The van der Waals surface area contributed by atoms with Crippen LogP contribution in [-0.2, 0) is 9.59 Å². The topological polar surface area (TPSA) is 151 Å². The first kappa shape index (κ1) is 30.0. The van der Waals surface area contributed by atoms with Crippen LogP contribution in [0.25, 0.3) is 0 Å². The van der Waals surface area contributed by atoms with Crippen LogP contribution >= 0.6 is 0 Å². The predicted molar refractivity (Wildman–Crippen MR) is 24.0 cm³/mol. The maximum absolute atomic E-state index is 9.63.